The SMILES string of the molecule is CCCCCCCCNc1ccc(CCCCCCCC)cc1. The van der Waals surface area contributed by atoms with Crippen LogP contribution in [0.3, 0.4) is 0 Å². The largest absolute Gasteiger partial charge is 0.385 e. The molecule has 0 heterocycles. The average Bonchev–Trinajstić information content (AvgIpc) is 2.58. The van der Waals surface area contributed by atoms with E-state index in [9.17, 15) is 0 Å². The van der Waals surface area contributed by atoms with Gasteiger partial charge >= 0.3 is 0 Å². The third kappa shape index (κ3) is 11.2. The summed E-state index contributed by atoms with van der Waals surface area (Å²) < 4.78 is 0. The zero-order valence-electron chi connectivity index (χ0n) is 15.7. The molecule has 0 aromatic heterocycles. The molecule has 0 bridgehead atoms. The van der Waals surface area contributed by atoms with E-state index in [1.807, 2.05) is 0 Å². The summed E-state index contributed by atoms with van der Waals surface area (Å²) in [4.78, 5) is 0. The van der Waals surface area contributed by atoms with E-state index in [-0.39, 0.29) is 0 Å². The lowest BCUT2D eigenvalue weighted by Gasteiger charge is -2.08. The summed E-state index contributed by atoms with van der Waals surface area (Å²) in [5, 5.41) is 3.55. The maximum Gasteiger partial charge on any atom is 0.0340 e. The Morgan fingerprint density at radius 1 is 0.609 bits per heavy atom. The fraction of sp³-hybridized carbons (Fsp3) is 0.727. The second kappa shape index (κ2) is 14.6. The smallest absolute Gasteiger partial charge is 0.0340 e. The van der Waals surface area contributed by atoms with Crippen LogP contribution in [0.4, 0.5) is 5.69 Å². The Hall–Kier alpha value is -0.980. The number of hydrogen-bond acceptors (Lipinski definition) is 1. The fourth-order valence-corrected chi connectivity index (χ4v) is 3.04. The minimum Gasteiger partial charge on any atom is -0.385 e. The first-order chi connectivity index (χ1) is 11.4. The topological polar surface area (TPSA) is 12.0 Å². The van der Waals surface area contributed by atoms with E-state index < -0.39 is 0 Å². The van der Waals surface area contributed by atoms with Crippen molar-refractivity contribution in [2.24, 2.45) is 0 Å². The first-order valence-electron chi connectivity index (χ1n) is 10.2. The summed E-state index contributed by atoms with van der Waals surface area (Å²) in [6.45, 7) is 5.67. The Labute approximate surface area is 145 Å². The van der Waals surface area contributed by atoms with Gasteiger partial charge in [0.05, 0.1) is 0 Å². The second-order valence-corrected chi connectivity index (χ2v) is 6.91. The highest BCUT2D eigenvalue weighted by Crippen LogP contribution is 2.14. The van der Waals surface area contributed by atoms with Crippen LogP contribution in [0.15, 0.2) is 24.3 Å². The van der Waals surface area contributed by atoms with Crippen molar-refractivity contribution in [2.75, 3.05) is 11.9 Å². The van der Waals surface area contributed by atoms with Gasteiger partial charge in [-0.3, -0.25) is 0 Å². The van der Waals surface area contributed by atoms with Gasteiger partial charge in [0.15, 0.2) is 0 Å². The van der Waals surface area contributed by atoms with Crippen molar-refractivity contribution in [3.8, 4) is 0 Å². The van der Waals surface area contributed by atoms with Gasteiger partial charge in [0.2, 0.25) is 0 Å². The summed E-state index contributed by atoms with van der Waals surface area (Å²) in [6, 6.07) is 9.11. The summed E-state index contributed by atoms with van der Waals surface area (Å²) in [5.41, 5.74) is 2.77. The van der Waals surface area contributed by atoms with E-state index in [0.29, 0.717) is 0 Å². The Bertz CT molecular complexity index is 355. The lowest BCUT2D eigenvalue weighted by molar-refractivity contribution is 0.607. The van der Waals surface area contributed by atoms with Gasteiger partial charge in [-0.1, -0.05) is 90.2 Å². The van der Waals surface area contributed by atoms with Gasteiger partial charge < -0.3 is 5.32 Å². The molecule has 0 saturated heterocycles. The number of anilines is 1. The quantitative estimate of drug-likeness (QED) is 0.333. The third-order valence-electron chi connectivity index (χ3n) is 4.63. The zero-order chi connectivity index (χ0) is 16.6. The van der Waals surface area contributed by atoms with Crippen molar-refractivity contribution >= 4 is 5.69 Å². The van der Waals surface area contributed by atoms with Gasteiger partial charge in [0.1, 0.15) is 0 Å². The summed E-state index contributed by atoms with van der Waals surface area (Å²) >= 11 is 0. The van der Waals surface area contributed by atoms with Crippen LogP contribution in [0.25, 0.3) is 0 Å². The summed E-state index contributed by atoms with van der Waals surface area (Å²) in [5.74, 6) is 0. The van der Waals surface area contributed by atoms with Crippen molar-refractivity contribution in [3.63, 3.8) is 0 Å². The molecular weight excluding hydrogens is 278 g/mol. The summed E-state index contributed by atoms with van der Waals surface area (Å²) in [7, 11) is 0. The highest BCUT2D eigenvalue weighted by molar-refractivity contribution is 5.44. The van der Waals surface area contributed by atoms with Crippen LogP contribution < -0.4 is 5.32 Å². The van der Waals surface area contributed by atoms with Gasteiger partial charge in [-0.15, -0.1) is 0 Å². The number of nitrogens with one attached hydrogen (secondary N) is 1. The normalized spacial score (nSPS) is 10.9. The Morgan fingerprint density at radius 3 is 1.74 bits per heavy atom. The van der Waals surface area contributed by atoms with Crippen LogP contribution in [0.2, 0.25) is 0 Å². The first kappa shape index (κ1) is 20.1. The molecule has 1 nitrogen and oxygen atoms in total. The van der Waals surface area contributed by atoms with Gasteiger partial charge in [-0.2, -0.15) is 0 Å². The molecule has 0 saturated carbocycles. The molecule has 132 valence electrons. The molecule has 0 atom stereocenters. The molecule has 1 rings (SSSR count). The third-order valence-corrected chi connectivity index (χ3v) is 4.63. The van der Waals surface area contributed by atoms with Gasteiger partial charge in [0, 0.05) is 12.2 Å². The molecule has 0 aliphatic carbocycles. The lowest BCUT2D eigenvalue weighted by atomic mass is 10.0. The zero-order valence-corrected chi connectivity index (χ0v) is 15.7. The fourth-order valence-electron chi connectivity index (χ4n) is 3.04. The molecule has 0 spiro atoms. The predicted octanol–water partition coefficient (Wildman–Crippen LogP) is 7.36. The van der Waals surface area contributed by atoms with Crippen LogP contribution in [0.1, 0.15) is 96.5 Å². The highest BCUT2D eigenvalue weighted by atomic mass is 14.9. The monoisotopic (exact) mass is 317 g/mol. The maximum atomic E-state index is 3.55. The molecule has 1 aromatic rings. The number of rotatable bonds is 15. The molecule has 1 aromatic carbocycles. The van der Waals surface area contributed by atoms with E-state index in [1.165, 1.54) is 94.7 Å². The van der Waals surface area contributed by atoms with Gasteiger partial charge in [-0.05, 0) is 37.0 Å². The van der Waals surface area contributed by atoms with E-state index in [4.69, 9.17) is 0 Å². The lowest BCUT2D eigenvalue weighted by Crippen LogP contribution is -2.01. The van der Waals surface area contributed by atoms with E-state index in [0.717, 1.165) is 6.54 Å². The van der Waals surface area contributed by atoms with Crippen LogP contribution in [-0.4, -0.2) is 6.54 Å². The van der Waals surface area contributed by atoms with Crippen LogP contribution >= 0.6 is 0 Å². The highest BCUT2D eigenvalue weighted by Gasteiger charge is 1.96. The molecule has 1 N–H and O–H groups in total. The van der Waals surface area contributed by atoms with E-state index in [2.05, 4.69) is 43.4 Å². The van der Waals surface area contributed by atoms with Crippen LogP contribution in [-0.2, 0) is 6.42 Å². The van der Waals surface area contributed by atoms with Gasteiger partial charge in [0.25, 0.3) is 0 Å². The van der Waals surface area contributed by atoms with Crippen LogP contribution in [0.5, 0.6) is 0 Å². The number of hydrogen-bond donors (Lipinski definition) is 1. The van der Waals surface area contributed by atoms with E-state index in [1.54, 1.807) is 0 Å². The molecule has 0 radical (unpaired) electrons. The Morgan fingerprint density at radius 2 is 1.13 bits per heavy atom. The maximum absolute atomic E-state index is 3.55. The molecule has 0 unspecified atom stereocenters. The van der Waals surface area contributed by atoms with Crippen molar-refractivity contribution in [3.05, 3.63) is 29.8 Å². The molecule has 1 heteroatoms. The molecular formula is C22H39N. The summed E-state index contributed by atoms with van der Waals surface area (Å²) in [6.07, 6.45) is 17.7. The van der Waals surface area contributed by atoms with Crippen LogP contribution in [0, 0.1) is 0 Å². The Kier molecular flexibility index (Phi) is 12.7. The van der Waals surface area contributed by atoms with Gasteiger partial charge in [-0.25, -0.2) is 0 Å². The average molecular weight is 318 g/mol. The minimum absolute atomic E-state index is 1.11. The van der Waals surface area contributed by atoms with Crippen molar-refractivity contribution in [1.82, 2.24) is 0 Å². The Balaban J connectivity index is 2.04. The van der Waals surface area contributed by atoms with E-state index >= 15 is 0 Å². The standard InChI is InChI=1S/C22H39N/c1-3-5-7-9-11-13-15-21-16-18-22(19-17-21)23-20-14-12-10-8-6-4-2/h16-19,23H,3-15,20H2,1-2H3. The second-order valence-electron chi connectivity index (χ2n) is 6.91. The minimum atomic E-state index is 1.11. The van der Waals surface area contributed by atoms with Crippen molar-refractivity contribution in [2.45, 2.75) is 97.3 Å². The molecule has 0 aliphatic heterocycles. The molecule has 0 aliphatic rings. The molecule has 23 heavy (non-hydrogen) atoms. The number of benzene rings is 1. The van der Waals surface area contributed by atoms with Crippen molar-refractivity contribution in [1.29, 1.82) is 0 Å². The molecule has 0 amide bonds. The predicted molar refractivity (Wildman–Crippen MR) is 105 cm³/mol. The number of unbranched alkanes of at least 4 members (excludes halogenated alkanes) is 10. The molecule has 0 fully saturated rings. The van der Waals surface area contributed by atoms with Crippen molar-refractivity contribution < 1.29 is 0 Å². The number of aryl methyl sites for hydroxylation is 1. The first-order valence-corrected chi connectivity index (χ1v) is 10.2.